The highest BCUT2D eigenvalue weighted by Gasteiger charge is 2.30. The molecule has 0 bridgehead atoms. The smallest absolute Gasteiger partial charge is 0.318 e. The van der Waals surface area contributed by atoms with Gasteiger partial charge in [0.25, 0.3) is 0 Å². The molecule has 0 radical (unpaired) electrons. The number of halogens is 1. The number of ether oxygens (including phenoxy) is 1. The zero-order chi connectivity index (χ0) is 24.5. The number of anilines is 2. The van der Waals surface area contributed by atoms with Gasteiger partial charge in [0.1, 0.15) is 5.82 Å². The molecule has 2 aliphatic heterocycles. The van der Waals surface area contributed by atoms with Crippen LogP contribution in [0.5, 0.6) is 6.01 Å². The minimum atomic E-state index is -0.0272. The molecule has 2 aliphatic rings. The second kappa shape index (κ2) is 9.74. The molecule has 0 aliphatic carbocycles. The van der Waals surface area contributed by atoms with Crippen LogP contribution in [0.3, 0.4) is 0 Å². The Labute approximate surface area is 211 Å². The summed E-state index contributed by atoms with van der Waals surface area (Å²) >= 11 is 6.63. The van der Waals surface area contributed by atoms with Crippen LogP contribution in [0.4, 0.5) is 11.5 Å². The van der Waals surface area contributed by atoms with E-state index in [-0.39, 0.29) is 11.9 Å². The third-order valence-electron chi connectivity index (χ3n) is 7.04. The normalized spacial score (nSPS) is 18.3. The molecule has 1 saturated heterocycles. The summed E-state index contributed by atoms with van der Waals surface area (Å²) in [5.41, 5.74) is 3.33. The Morgan fingerprint density at radius 2 is 1.86 bits per heavy atom. The van der Waals surface area contributed by atoms with Crippen molar-refractivity contribution in [3.05, 3.63) is 65.3 Å². The van der Waals surface area contributed by atoms with Crippen LogP contribution in [0.1, 0.15) is 18.2 Å². The highest BCUT2D eigenvalue weighted by Crippen LogP contribution is 2.35. The van der Waals surface area contributed by atoms with Gasteiger partial charge in [0.2, 0.25) is 5.91 Å². The molecule has 0 unspecified atom stereocenters. The van der Waals surface area contributed by atoms with Crippen LogP contribution >= 0.6 is 11.6 Å². The van der Waals surface area contributed by atoms with Crippen LogP contribution in [0, 0.1) is 0 Å². The third-order valence-corrected chi connectivity index (χ3v) is 7.36. The Morgan fingerprint density at radius 3 is 2.60 bits per heavy atom. The molecule has 1 atom stereocenters. The van der Waals surface area contributed by atoms with E-state index in [9.17, 15) is 4.79 Å². The molecule has 2 aromatic carbocycles. The molecule has 1 aromatic heterocycles. The highest BCUT2D eigenvalue weighted by atomic mass is 35.5. The van der Waals surface area contributed by atoms with Crippen molar-refractivity contribution in [1.29, 1.82) is 0 Å². The van der Waals surface area contributed by atoms with E-state index >= 15 is 0 Å². The number of fused-ring (bicyclic) bond motifs is 2. The summed E-state index contributed by atoms with van der Waals surface area (Å²) < 4.78 is 5.48. The molecule has 0 saturated carbocycles. The van der Waals surface area contributed by atoms with Crippen molar-refractivity contribution in [3.8, 4) is 6.01 Å². The summed E-state index contributed by atoms with van der Waals surface area (Å²) in [4.78, 5) is 28.3. The summed E-state index contributed by atoms with van der Waals surface area (Å²) in [6.07, 6.45) is 2.99. The van der Waals surface area contributed by atoms with Crippen molar-refractivity contribution in [3.63, 3.8) is 0 Å². The lowest BCUT2D eigenvalue weighted by molar-refractivity contribution is -0.128. The molecular formula is C27H30ClN5O2. The number of nitrogens with zero attached hydrogens (tertiary/aromatic N) is 5. The predicted molar refractivity (Wildman–Crippen MR) is 141 cm³/mol. The number of amides is 1. The molecule has 3 aromatic rings. The van der Waals surface area contributed by atoms with Gasteiger partial charge in [0, 0.05) is 61.8 Å². The van der Waals surface area contributed by atoms with Crippen LogP contribution in [0.2, 0.25) is 5.02 Å². The largest absolute Gasteiger partial charge is 0.467 e. The quantitative estimate of drug-likeness (QED) is 0.512. The number of benzene rings is 2. The van der Waals surface area contributed by atoms with E-state index in [1.54, 1.807) is 7.11 Å². The number of aromatic nitrogens is 2. The van der Waals surface area contributed by atoms with E-state index in [2.05, 4.69) is 47.6 Å². The average molecular weight is 492 g/mol. The maximum Gasteiger partial charge on any atom is 0.318 e. The van der Waals surface area contributed by atoms with E-state index in [4.69, 9.17) is 26.3 Å². The zero-order valence-electron chi connectivity index (χ0n) is 20.2. The van der Waals surface area contributed by atoms with Gasteiger partial charge in [-0.1, -0.05) is 42.4 Å². The molecular weight excluding hydrogens is 462 g/mol. The molecule has 0 N–H and O–H groups in total. The molecule has 1 fully saturated rings. The van der Waals surface area contributed by atoms with Gasteiger partial charge in [-0.25, -0.2) is 0 Å². The number of carbonyl (C=O) groups excluding carboxylic acids is 1. The summed E-state index contributed by atoms with van der Waals surface area (Å²) in [6.45, 7) is 9.42. The van der Waals surface area contributed by atoms with Crippen LogP contribution in [-0.4, -0.2) is 66.7 Å². The fourth-order valence-electron chi connectivity index (χ4n) is 5.29. The van der Waals surface area contributed by atoms with E-state index in [0.29, 0.717) is 25.6 Å². The Kier molecular flexibility index (Phi) is 6.52. The Balaban J connectivity index is 1.46. The van der Waals surface area contributed by atoms with Gasteiger partial charge >= 0.3 is 6.01 Å². The first-order chi connectivity index (χ1) is 17.0. The first-order valence-electron chi connectivity index (χ1n) is 12.0. The number of hydrogen-bond donors (Lipinski definition) is 0. The summed E-state index contributed by atoms with van der Waals surface area (Å²) in [7, 11) is 1.61. The molecule has 7 nitrogen and oxygen atoms in total. The van der Waals surface area contributed by atoms with Crippen LogP contribution in [0.15, 0.2) is 49.1 Å². The monoisotopic (exact) mass is 491 g/mol. The van der Waals surface area contributed by atoms with Crippen LogP contribution < -0.4 is 14.5 Å². The third kappa shape index (κ3) is 4.41. The fourth-order valence-corrected chi connectivity index (χ4v) is 5.56. The van der Waals surface area contributed by atoms with Crippen LogP contribution in [-0.2, 0) is 17.6 Å². The van der Waals surface area contributed by atoms with E-state index < -0.39 is 0 Å². The lowest BCUT2D eigenvalue weighted by Gasteiger charge is -2.40. The van der Waals surface area contributed by atoms with E-state index in [0.717, 1.165) is 64.5 Å². The topological polar surface area (TPSA) is 61.8 Å². The number of hydrogen-bond acceptors (Lipinski definition) is 6. The van der Waals surface area contributed by atoms with Crippen molar-refractivity contribution in [2.24, 2.45) is 0 Å². The Hall–Kier alpha value is -3.32. The molecule has 8 heteroatoms. The maximum absolute atomic E-state index is 12.2. The fraction of sp³-hybridized carbons (Fsp3) is 0.370. The summed E-state index contributed by atoms with van der Waals surface area (Å²) in [5, 5.41) is 2.99. The zero-order valence-corrected chi connectivity index (χ0v) is 21.0. The molecule has 5 rings (SSSR count). The molecule has 0 spiro atoms. The van der Waals surface area contributed by atoms with Crippen molar-refractivity contribution < 1.29 is 9.53 Å². The SMILES string of the molecule is C=CC(=O)N1CCN(c2nc(OC)nc3c2CCN(c2cccc4cccc(Cl)c24)CC3)C[C@H]1C. The van der Waals surface area contributed by atoms with Crippen molar-refractivity contribution in [2.75, 3.05) is 49.6 Å². The second-order valence-corrected chi connectivity index (χ2v) is 9.50. The van der Waals surface area contributed by atoms with Gasteiger partial charge in [0.05, 0.1) is 17.8 Å². The van der Waals surface area contributed by atoms with Crippen molar-refractivity contribution >= 4 is 39.8 Å². The van der Waals surface area contributed by atoms with E-state index in [1.165, 1.54) is 6.08 Å². The minimum absolute atomic E-state index is 0.0272. The minimum Gasteiger partial charge on any atom is -0.467 e. The second-order valence-electron chi connectivity index (χ2n) is 9.09. The van der Waals surface area contributed by atoms with Gasteiger partial charge < -0.3 is 19.4 Å². The molecule has 3 heterocycles. The predicted octanol–water partition coefficient (Wildman–Crippen LogP) is 4.12. The van der Waals surface area contributed by atoms with Gasteiger partial charge in [-0.3, -0.25) is 4.79 Å². The van der Waals surface area contributed by atoms with Crippen molar-refractivity contribution in [1.82, 2.24) is 14.9 Å². The Morgan fingerprint density at radius 1 is 1.09 bits per heavy atom. The van der Waals surface area contributed by atoms with Gasteiger partial charge in [-0.05, 0) is 36.9 Å². The summed E-state index contributed by atoms with van der Waals surface area (Å²) in [5.74, 6) is 0.892. The lowest BCUT2D eigenvalue weighted by atomic mass is 10.1. The Bertz CT molecular complexity index is 1270. The maximum atomic E-state index is 12.2. The number of carbonyl (C=O) groups is 1. The molecule has 35 heavy (non-hydrogen) atoms. The number of piperazine rings is 1. The average Bonchev–Trinajstić information content (AvgIpc) is 3.10. The van der Waals surface area contributed by atoms with Gasteiger partial charge in [0.15, 0.2) is 0 Å². The summed E-state index contributed by atoms with van der Waals surface area (Å²) in [6, 6.07) is 12.8. The molecule has 182 valence electrons. The highest BCUT2D eigenvalue weighted by molar-refractivity contribution is 6.36. The van der Waals surface area contributed by atoms with E-state index in [1.807, 2.05) is 17.0 Å². The standard InChI is InChI=1S/C27H30ClN5O2/c1-4-24(34)33-16-15-32(17-18(33)2)26-20-11-13-31(14-12-22(20)29-27(30-26)35-3)23-10-6-8-19-7-5-9-21(28)25(19)23/h4-10,18H,1,11-17H2,2-3H3/t18-/m1/s1. The number of rotatable bonds is 4. The van der Waals surface area contributed by atoms with Crippen molar-refractivity contribution in [2.45, 2.75) is 25.8 Å². The van der Waals surface area contributed by atoms with Crippen LogP contribution in [0.25, 0.3) is 10.8 Å². The first-order valence-corrected chi connectivity index (χ1v) is 12.4. The first kappa shape index (κ1) is 23.4. The lowest BCUT2D eigenvalue weighted by Crippen LogP contribution is -2.54. The number of methoxy groups -OCH3 is 1. The van der Waals surface area contributed by atoms with Gasteiger partial charge in [-0.15, -0.1) is 0 Å². The van der Waals surface area contributed by atoms with Gasteiger partial charge in [-0.2, -0.15) is 9.97 Å². The molecule has 1 amide bonds.